The molecule has 28 heavy (non-hydrogen) atoms. The molecule has 1 aliphatic rings. The van der Waals surface area contributed by atoms with Crippen LogP contribution in [0.4, 0.5) is 5.82 Å². The van der Waals surface area contributed by atoms with Crippen LogP contribution < -0.4 is 20.3 Å². The van der Waals surface area contributed by atoms with Gasteiger partial charge in [-0.3, -0.25) is 9.78 Å². The Bertz CT molecular complexity index is 870. The number of nitrogens with zero attached hydrogens (tertiary/aromatic N) is 4. The second-order valence-corrected chi connectivity index (χ2v) is 7.11. The normalized spacial score (nSPS) is 16.3. The SMILES string of the molecule is CNC(=O)c1nc(C)c(C)c(N2CC[C@@H](NCc3cnc(C)cc3OC)C2)n1. The number of aromatic nitrogens is 3. The van der Waals surface area contributed by atoms with Gasteiger partial charge >= 0.3 is 0 Å². The molecular formula is C20H28N6O2. The smallest absolute Gasteiger partial charge is 0.288 e. The third kappa shape index (κ3) is 4.22. The van der Waals surface area contributed by atoms with Crippen molar-refractivity contribution >= 4 is 11.7 Å². The molecule has 8 heteroatoms. The predicted octanol–water partition coefficient (Wildman–Crippen LogP) is 1.53. The summed E-state index contributed by atoms with van der Waals surface area (Å²) in [5.74, 6) is 1.64. The Morgan fingerprint density at radius 1 is 1.32 bits per heavy atom. The second kappa shape index (κ2) is 8.52. The Morgan fingerprint density at radius 3 is 2.82 bits per heavy atom. The number of ether oxygens (including phenoxy) is 1. The van der Waals surface area contributed by atoms with Crippen molar-refractivity contribution in [1.82, 2.24) is 25.6 Å². The van der Waals surface area contributed by atoms with Gasteiger partial charge in [-0.05, 0) is 27.2 Å². The maximum atomic E-state index is 12.0. The first-order valence-electron chi connectivity index (χ1n) is 9.48. The molecule has 2 N–H and O–H groups in total. The van der Waals surface area contributed by atoms with Crippen LogP contribution in [0, 0.1) is 20.8 Å². The minimum absolute atomic E-state index is 0.215. The highest BCUT2D eigenvalue weighted by molar-refractivity contribution is 5.90. The fraction of sp³-hybridized carbons (Fsp3) is 0.500. The van der Waals surface area contributed by atoms with Crippen molar-refractivity contribution in [2.45, 2.75) is 39.8 Å². The van der Waals surface area contributed by atoms with Crippen molar-refractivity contribution < 1.29 is 9.53 Å². The summed E-state index contributed by atoms with van der Waals surface area (Å²) in [5, 5.41) is 6.19. The summed E-state index contributed by atoms with van der Waals surface area (Å²) in [6.45, 7) is 8.27. The van der Waals surface area contributed by atoms with Gasteiger partial charge < -0.3 is 20.3 Å². The van der Waals surface area contributed by atoms with Crippen molar-refractivity contribution in [3.8, 4) is 5.75 Å². The van der Waals surface area contributed by atoms with Crippen molar-refractivity contribution in [1.29, 1.82) is 0 Å². The molecule has 0 spiro atoms. The number of amides is 1. The number of carbonyl (C=O) groups is 1. The van der Waals surface area contributed by atoms with Gasteiger partial charge in [-0.25, -0.2) is 9.97 Å². The first-order chi connectivity index (χ1) is 13.4. The van der Waals surface area contributed by atoms with E-state index in [0.29, 0.717) is 12.6 Å². The molecule has 0 aliphatic carbocycles. The number of hydrogen-bond donors (Lipinski definition) is 2. The van der Waals surface area contributed by atoms with Crippen LogP contribution in [0.15, 0.2) is 12.3 Å². The third-order valence-electron chi connectivity index (χ3n) is 5.16. The molecule has 0 radical (unpaired) electrons. The van der Waals surface area contributed by atoms with Crippen LogP contribution in [0.5, 0.6) is 5.75 Å². The van der Waals surface area contributed by atoms with Crippen LogP contribution >= 0.6 is 0 Å². The predicted molar refractivity (Wildman–Crippen MR) is 108 cm³/mol. The zero-order valence-corrected chi connectivity index (χ0v) is 17.2. The number of anilines is 1. The first-order valence-corrected chi connectivity index (χ1v) is 9.48. The average Bonchev–Trinajstić information content (AvgIpc) is 3.16. The van der Waals surface area contributed by atoms with Crippen molar-refractivity contribution in [2.75, 3.05) is 32.1 Å². The van der Waals surface area contributed by atoms with Crippen molar-refractivity contribution in [3.05, 3.63) is 40.6 Å². The molecule has 1 atom stereocenters. The minimum Gasteiger partial charge on any atom is -0.496 e. The van der Waals surface area contributed by atoms with E-state index in [-0.39, 0.29) is 11.7 Å². The van der Waals surface area contributed by atoms with E-state index in [4.69, 9.17) is 4.74 Å². The third-order valence-corrected chi connectivity index (χ3v) is 5.16. The molecule has 1 fully saturated rings. The molecule has 1 aliphatic heterocycles. The van der Waals surface area contributed by atoms with Gasteiger partial charge in [0.25, 0.3) is 5.91 Å². The summed E-state index contributed by atoms with van der Waals surface area (Å²) in [5.41, 5.74) is 3.82. The van der Waals surface area contributed by atoms with Gasteiger partial charge in [-0.1, -0.05) is 0 Å². The summed E-state index contributed by atoms with van der Waals surface area (Å²) in [7, 11) is 3.27. The van der Waals surface area contributed by atoms with E-state index in [2.05, 4.69) is 30.5 Å². The Labute approximate surface area is 165 Å². The molecule has 0 bridgehead atoms. The zero-order valence-electron chi connectivity index (χ0n) is 17.2. The van der Waals surface area contributed by atoms with Gasteiger partial charge in [0.05, 0.1) is 7.11 Å². The molecule has 2 aromatic heterocycles. The number of methoxy groups -OCH3 is 1. The Hall–Kier alpha value is -2.74. The monoisotopic (exact) mass is 384 g/mol. The highest BCUT2D eigenvalue weighted by Crippen LogP contribution is 2.25. The fourth-order valence-electron chi connectivity index (χ4n) is 3.39. The molecule has 1 saturated heterocycles. The van der Waals surface area contributed by atoms with Crippen LogP contribution in [-0.4, -0.2) is 54.1 Å². The minimum atomic E-state index is -0.266. The Balaban J connectivity index is 1.69. The first kappa shape index (κ1) is 20.0. The lowest BCUT2D eigenvalue weighted by Gasteiger charge is -2.21. The molecule has 2 aromatic rings. The van der Waals surface area contributed by atoms with Crippen molar-refractivity contribution in [3.63, 3.8) is 0 Å². The largest absolute Gasteiger partial charge is 0.496 e. The van der Waals surface area contributed by atoms with E-state index in [1.807, 2.05) is 33.0 Å². The van der Waals surface area contributed by atoms with Gasteiger partial charge in [0.1, 0.15) is 11.6 Å². The Kier molecular flexibility index (Phi) is 6.08. The quantitative estimate of drug-likeness (QED) is 0.780. The summed E-state index contributed by atoms with van der Waals surface area (Å²) in [4.78, 5) is 27.4. The lowest BCUT2D eigenvalue weighted by molar-refractivity contribution is 0.0952. The van der Waals surface area contributed by atoms with E-state index in [9.17, 15) is 4.79 Å². The molecular weight excluding hydrogens is 356 g/mol. The highest BCUT2D eigenvalue weighted by Gasteiger charge is 2.26. The number of rotatable bonds is 6. The zero-order chi connectivity index (χ0) is 20.3. The van der Waals surface area contributed by atoms with Gasteiger partial charge in [-0.15, -0.1) is 0 Å². The fourth-order valence-corrected chi connectivity index (χ4v) is 3.39. The van der Waals surface area contributed by atoms with E-state index in [1.165, 1.54) is 0 Å². The number of hydrogen-bond acceptors (Lipinski definition) is 7. The molecule has 3 heterocycles. The van der Waals surface area contributed by atoms with Crippen LogP contribution in [0.3, 0.4) is 0 Å². The highest BCUT2D eigenvalue weighted by atomic mass is 16.5. The van der Waals surface area contributed by atoms with Gasteiger partial charge in [0.15, 0.2) is 0 Å². The van der Waals surface area contributed by atoms with Gasteiger partial charge in [-0.2, -0.15) is 0 Å². The van der Waals surface area contributed by atoms with Crippen LogP contribution in [0.25, 0.3) is 0 Å². The van der Waals surface area contributed by atoms with Gasteiger partial charge in [0, 0.05) is 67.5 Å². The van der Waals surface area contributed by atoms with Crippen LogP contribution in [0.2, 0.25) is 0 Å². The summed E-state index contributed by atoms with van der Waals surface area (Å²) in [6.07, 6.45) is 2.86. The average molecular weight is 384 g/mol. The van der Waals surface area contributed by atoms with Crippen molar-refractivity contribution in [2.24, 2.45) is 0 Å². The molecule has 150 valence electrons. The molecule has 1 amide bonds. The molecule has 8 nitrogen and oxygen atoms in total. The number of carbonyl (C=O) groups excluding carboxylic acids is 1. The summed E-state index contributed by atoms with van der Waals surface area (Å²) in [6, 6.07) is 2.27. The van der Waals surface area contributed by atoms with Crippen LogP contribution in [0.1, 0.15) is 39.6 Å². The topological polar surface area (TPSA) is 92.3 Å². The van der Waals surface area contributed by atoms with E-state index >= 15 is 0 Å². The second-order valence-electron chi connectivity index (χ2n) is 7.11. The number of nitrogens with one attached hydrogen (secondary N) is 2. The van der Waals surface area contributed by atoms with E-state index < -0.39 is 0 Å². The van der Waals surface area contributed by atoms with E-state index in [0.717, 1.165) is 53.6 Å². The maximum Gasteiger partial charge on any atom is 0.288 e. The number of aryl methyl sites for hydroxylation is 2. The Morgan fingerprint density at radius 2 is 2.11 bits per heavy atom. The summed E-state index contributed by atoms with van der Waals surface area (Å²) < 4.78 is 5.46. The van der Waals surface area contributed by atoms with Crippen LogP contribution in [-0.2, 0) is 6.54 Å². The van der Waals surface area contributed by atoms with E-state index in [1.54, 1.807) is 14.2 Å². The molecule has 0 saturated carbocycles. The van der Waals surface area contributed by atoms with Gasteiger partial charge in [0.2, 0.25) is 5.82 Å². The lowest BCUT2D eigenvalue weighted by atomic mass is 10.2. The lowest BCUT2D eigenvalue weighted by Crippen LogP contribution is -2.33. The standard InChI is InChI=1S/C20H28N6O2/c1-12-8-17(28-5)15(9-22-12)10-23-16-6-7-26(11-16)19-13(2)14(3)24-18(25-19)20(27)21-4/h8-9,16,23H,6-7,10-11H2,1-5H3,(H,21,27)/t16-/m1/s1. The number of pyridine rings is 1. The molecule has 3 rings (SSSR count). The molecule has 0 aromatic carbocycles. The maximum absolute atomic E-state index is 12.0. The summed E-state index contributed by atoms with van der Waals surface area (Å²) >= 11 is 0. The molecule has 0 unspecified atom stereocenters.